The highest BCUT2D eigenvalue weighted by Crippen LogP contribution is 2.38. The van der Waals surface area contributed by atoms with Gasteiger partial charge in [0.05, 0.1) is 0 Å². The van der Waals surface area contributed by atoms with E-state index in [0.717, 1.165) is 0 Å². The Morgan fingerprint density at radius 2 is 0.880 bits per heavy atom. The maximum atomic E-state index is 2.24. The van der Waals surface area contributed by atoms with Crippen LogP contribution >= 0.6 is 0 Å². The molecule has 0 N–H and O–H groups in total. The predicted molar refractivity (Wildman–Crippen MR) is 112 cm³/mol. The van der Waals surface area contributed by atoms with Gasteiger partial charge in [-0.1, -0.05) is 93.1 Å². The molecule has 0 aliphatic carbocycles. The minimum Gasteiger partial charge on any atom is -0.0656 e. The largest absolute Gasteiger partial charge is 0.0656 e. The Morgan fingerprint density at radius 3 is 1.28 bits per heavy atom. The van der Waals surface area contributed by atoms with E-state index in [1.807, 2.05) is 0 Å². The fourth-order valence-electron chi connectivity index (χ4n) is 3.42. The average Bonchev–Trinajstić information content (AvgIpc) is 2.63. The number of benzene rings is 4. The van der Waals surface area contributed by atoms with Crippen molar-refractivity contribution in [3.63, 3.8) is 0 Å². The summed E-state index contributed by atoms with van der Waals surface area (Å²) in [6, 6.07) is 26.2. The van der Waals surface area contributed by atoms with Gasteiger partial charge in [-0.05, 0) is 57.6 Å². The highest BCUT2D eigenvalue weighted by Gasteiger charge is 2.12. The van der Waals surface area contributed by atoms with Crippen molar-refractivity contribution in [2.75, 3.05) is 0 Å². The number of hydrogen-bond acceptors (Lipinski definition) is 0. The summed E-state index contributed by atoms with van der Waals surface area (Å²) in [5.74, 6) is 0. The summed E-state index contributed by atoms with van der Waals surface area (Å²) in [6.07, 6.45) is 1.25. The molecule has 0 aliphatic rings. The van der Waals surface area contributed by atoms with Crippen LogP contribution in [0.15, 0.2) is 72.8 Å². The fourth-order valence-corrected chi connectivity index (χ4v) is 3.42. The molecule has 4 rings (SSSR count). The quantitative estimate of drug-likeness (QED) is 0.336. The van der Waals surface area contributed by atoms with Crippen LogP contribution in [0.2, 0.25) is 0 Å². The summed E-state index contributed by atoms with van der Waals surface area (Å²) in [5.41, 5.74) is 5.40. The van der Waals surface area contributed by atoms with Gasteiger partial charge in [0.2, 0.25) is 0 Å². The zero-order chi connectivity index (χ0) is 17.8. The van der Waals surface area contributed by atoms with Crippen molar-refractivity contribution in [3.8, 4) is 11.1 Å². The molecular formula is C25H26. The molecule has 0 heterocycles. The fraction of sp³-hybridized carbons (Fsp3) is 0.200. The number of hydrogen-bond donors (Lipinski definition) is 0. The van der Waals surface area contributed by atoms with Crippen molar-refractivity contribution in [2.45, 2.75) is 34.1 Å². The molecular weight excluding hydrogens is 300 g/mol. The van der Waals surface area contributed by atoms with Crippen molar-refractivity contribution in [1.29, 1.82) is 0 Å². The number of fused-ring (bicyclic) bond motifs is 2. The Balaban J connectivity index is 0.000000569. The normalized spacial score (nSPS) is 10.6. The molecule has 0 amide bonds. The highest BCUT2D eigenvalue weighted by molar-refractivity contribution is 6.07. The lowest BCUT2D eigenvalue weighted by Gasteiger charge is -2.16. The second-order valence-electron chi connectivity index (χ2n) is 6.66. The van der Waals surface area contributed by atoms with E-state index in [2.05, 4.69) is 100 Å². The van der Waals surface area contributed by atoms with Crippen LogP contribution in [0.3, 0.4) is 0 Å². The first-order valence-electron chi connectivity index (χ1n) is 9.14. The van der Waals surface area contributed by atoms with Crippen molar-refractivity contribution in [3.05, 3.63) is 83.9 Å². The molecule has 4 aromatic rings. The molecule has 0 aromatic heterocycles. The summed E-state index contributed by atoms with van der Waals surface area (Å²) < 4.78 is 0. The maximum Gasteiger partial charge on any atom is -0.00672 e. The molecule has 0 spiro atoms. The first-order chi connectivity index (χ1) is 12.2. The van der Waals surface area contributed by atoms with E-state index in [9.17, 15) is 0 Å². The van der Waals surface area contributed by atoms with E-state index in [1.165, 1.54) is 50.2 Å². The van der Waals surface area contributed by atoms with Crippen molar-refractivity contribution in [1.82, 2.24) is 0 Å². The van der Waals surface area contributed by atoms with E-state index >= 15 is 0 Å². The van der Waals surface area contributed by atoms with E-state index in [-0.39, 0.29) is 0 Å². The Hall–Kier alpha value is -2.60. The number of aryl methyl sites for hydroxylation is 2. The van der Waals surface area contributed by atoms with Gasteiger partial charge < -0.3 is 0 Å². The van der Waals surface area contributed by atoms with Crippen LogP contribution in [0.25, 0.3) is 32.7 Å². The maximum absolute atomic E-state index is 2.24. The van der Waals surface area contributed by atoms with Crippen LogP contribution in [-0.4, -0.2) is 0 Å². The third-order valence-electron chi connectivity index (χ3n) is 4.52. The zero-order valence-electron chi connectivity index (χ0n) is 15.6. The van der Waals surface area contributed by atoms with E-state index in [0.29, 0.717) is 0 Å². The SMILES string of the molecule is CCC.Cc1ccc2ccccc2c1-c1c(C)ccc2ccccc12. The van der Waals surface area contributed by atoms with Gasteiger partial charge in [0.1, 0.15) is 0 Å². The van der Waals surface area contributed by atoms with Crippen molar-refractivity contribution in [2.24, 2.45) is 0 Å². The molecule has 0 atom stereocenters. The molecule has 25 heavy (non-hydrogen) atoms. The standard InChI is InChI=1S/C22H18.C3H8/c1-15-11-13-17-7-3-5-9-19(17)21(15)22-16(2)12-14-18-8-4-6-10-20(18)22;1-3-2/h3-14H,1-2H3;3H2,1-2H3. The van der Waals surface area contributed by atoms with E-state index < -0.39 is 0 Å². The van der Waals surface area contributed by atoms with Gasteiger partial charge in [0.25, 0.3) is 0 Å². The number of rotatable bonds is 1. The Bertz CT molecular complexity index is 926. The van der Waals surface area contributed by atoms with Crippen LogP contribution in [0.1, 0.15) is 31.4 Å². The highest BCUT2D eigenvalue weighted by atomic mass is 14.2. The lowest BCUT2D eigenvalue weighted by Crippen LogP contribution is -1.91. The molecule has 0 saturated heterocycles. The molecule has 4 aromatic carbocycles. The molecule has 0 fully saturated rings. The van der Waals surface area contributed by atoms with Crippen LogP contribution in [0.4, 0.5) is 0 Å². The lowest BCUT2D eigenvalue weighted by molar-refractivity contribution is 1.09. The Labute approximate surface area is 151 Å². The topological polar surface area (TPSA) is 0 Å². The van der Waals surface area contributed by atoms with Gasteiger partial charge in [-0.15, -0.1) is 0 Å². The van der Waals surface area contributed by atoms with Gasteiger partial charge in [-0.3, -0.25) is 0 Å². The molecule has 126 valence electrons. The van der Waals surface area contributed by atoms with Crippen molar-refractivity contribution >= 4 is 21.5 Å². The third-order valence-corrected chi connectivity index (χ3v) is 4.52. The molecule has 0 bridgehead atoms. The van der Waals surface area contributed by atoms with Gasteiger partial charge >= 0.3 is 0 Å². The molecule has 0 unspecified atom stereocenters. The molecule has 0 radical (unpaired) electrons. The summed E-state index contributed by atoms with van der Waals surface area (Å²) in [7, 11) is 0. The first kappa shape index (κ1) is 17.2. The third kappa shape index (κ3) is 3.30. The minimum atomic E-state index is 1.25. The predicted octanol–water partition coefficient (Wildman–Crippen LogP) is 7.69. The monoisotopic (exact) mass is 326 g/mol. The van der Waals surface area contributed by atoms with Crippen LogP contribution < -0.4 is 0 Å². The summed E-state index contributed by atoms with van der Waals surface area (Å²) >= 11 is 0. The second-order valence-corrected chi connectivity index (χ2v) is 6.66. The summed E-state index contributed by atoms with van der Waals surface area (Å²) in [6.45, 7) is 8.67. The van der Waals surface area contributed by atoms with Gasteiger partial charge in [0.15, 0.2) is 0 Å². The smallest absolute Gasteiger partial charge is 0.00672 e. The lowest BCUT2D eigenvalue weighted by atomic mass is 9.88. The van der Waals surface area contributed by atoms with Crippen LogP contribution in [0.5, 0.6) is 0 Å². The van der Waals surface area contributed by atoms with Gasteiger partial charge in [0, 0.05) is 0 Å². The van der Waals surface area contributed by atoms with E-state index in [4.69, 9.17) is 0 Å². The van der Waals surface area contributed by atoms with Crippen LogP contribution in [-0.2, 0) is 0 Å². The summed E-state index contributed by atoms with van der Waals surface area (Å²) in [4.78, 5) is 0. The zero-order valence-corrected chi connectivity index (χ0v) is 15.6. The second kappa shape index (κ2) is 7.53. The summed E-state index contributed by atoms with van der Waals surface area (Å²) in [5, 5.41) is 5.27. The van der Waals surface area contributed by atoms with Gasteiger partial charge in [-0.25, -0.2) is 0 Å². The Kier molecular flexibility index (Phi) is 5.19. The molecule has 0 aliphatic heterocycles. The minimum absolute atomic E-state index is 1.25. The first-order valence-corrected chi connectivity index (χ1v) is 9.14. The molecule has 0 nitrogen and oxygen atoms in total. The molecule has 0 saturated carbocycles. The van der Waals surface area contributed by atoms with Gasteiger partial charge in [-0.2, -0.15) is 0 Å². The molecule has 0 heteroatoms. The van der Waals surface area contributed by atoms with Crippen LogP contribution in [0, 0.1) is 13.8 Å². The van der Waals surface area contributed by atoms with Crippen molar-refractivity contribution < 1.29 is 0 Å². The Morgan fingerprint density at radius 1 is 0.520 bits per heavy atom. The van der Waals surface area contributed by atoms with E-state index in [1.54, 1.807) is 0 Å². The average molecular weight is 326 g/mol.